The summed E-state index contributed by atoms with van der Waals surface area (Å²) in [5, 5.41) is 2.71. The van der Waals surface area contributed by atoms with Crippen molar-refractivity contribution in [2.24, 2.45) is 0 Å². The van der Waals surface area contributed by atoms with E-state index in [0.717, 1.165) is 0 Å². The molecule has 0 unspecified atom stereocenters. The van der Waals surface area contributed by atoms with Crippen LogP contribution in [0, 0.1) is 0 Å². The molecule has 0 spiro atoms. The molecule has 4 heteroatoms. The van der Waals surface area contributed by atoms with E-state index in [9.17, 15) is 9.18 Å². The van der Waals surface area contributed by atoms with Gasteiger partial charge in [0.2, 0.25) is 0 Å². The van der Waals surface area contributed by atoms with Crippen LogP contribution in [0.15, 0.2) is 0 Å². The van der Waals surface area contributed by atoms with Crippen molar-refractivity contribution in [1.82, 2.24) is 5.32 Å². The van der Waals surface area contributed by atoms with Gasteiger partial charge in [-0.1, -0.05) is 0 Å². The van der Waals surface area contributed by atoms with Gasteiger partial charge in [0.05, 0.1) is 7.11 Å². The monoisotopic (exact) mass is 149 g/mol. The highest BCUT2D eigenvalue weighted by molar-refractivity contribution is 5.76. The molecule has 3 nitrogen and oxygen atoms in total. The van der Waals surface area contributed by atoms with E-state index in [4.69, 9.17) is 0 Å². The molecule has 10 heavy (non-hydrogen) atoms. The van der Waals surface area contributed by atoms with Crippen molar-refractivity contribution >= 4 is 5.97 Å². The predicted octanol–water partition coefficient (Wildman–Crippen LogP) is 0.105. The number of halogens is 1. The zero-order chi connectivity index (χ0) is 7.56. The topological polar surface area (TPSA) is 38.3 Å². The van der Waals surface area contributed by atoms with Crippen molar-refractivity contribution in [1.29, 1.82) is 0 Å². The van der Waals surface area contributed by atoms with Crippen molar-refractivity contribution in [3.63, 3.8) is 0 Å². The lowest BCUT2D eigenvalue weighted by Gasteiger charge is -2.04. The van der Waals surface area contributed by atoms with Gasteiger partial charge >= 0.3 is 5.97 Å². The molecule has 2 atom stereocenters. The smallest absolute Gasteiger partial charge is 0.322 e. The van der Waals surface area contributed by atoms with Crippen LogP contribution in [0.3, 0.4) is 0 Å². The van der Waals surface area contributed by atoms with Gasteiger partial charge in [-0.15, -0.1) is 0 Å². The van der Waals surface area contributed by atoms with E-state index in [1.165, 1.54) is 7.11 Å². The first kappa shape index (κ1) is 7.47. The summed E-state index contributed by atoms with van der Waals surface area (Å²) in [4.78, 5) is 10.7. The number of alkyl halides is 1. The van der Waals surface area contributed by atoms with E-state index in [1.54, 1.807) is 0 Å². The minimum Gasteiger partial charge on any atom is -0.468 e. The van der Waals surface area contributed by atoms with E-state index >= 15 is 0 Å². The van der Waals surface area contributed by atoms with Gasteiger partial charge in [-0.3, -0.25) is 4.79 Å². The molecule has 1 heterocycles. The van der Waals surface area contributed by atoms with Crippen molar-refractivity contribution < 1.29 is 15.3 Å². The molecule has 1 saturated heterocycles. The zero-order valence-corrected chi connectivity index (χ0v) is 5.76. The van der Waals surface area contributed by atoms with Crippen molar-refractivity contribution in [3.05, 3.63) is 0 Å². The third-order valence-corrected chi connectivity index (χ3v) is 1.56. The minimum atomic E-state index is -0.899. The van der Waals surface area contributed by atoms with Crippen molar-refractivity contribution in [2.45, 2.75) is 18.6 Å². The quantitative estimate of drug-likeness (QED) is 0.537. The fourth-order valence-electron chi connectivity index (χ4n) is 1.01. The molecule has 0 aromatic heterocycles. The summed E-state index contributed by atoms with van der Waals surface area (Å²) in [6.45, 7) is 0.264. The number of esters is 1. The van der Waals surface area contributed by atoms with Gasteiger partial charge < -0.3 is 10.1 Å². The Bertz CT molecular complexity index is 145. The number of methoxy groups -OCH3 is 1. The summed E-state index contributed by atoms with van der Waals surface area (Å²) in [6.07, 6.45) is -0.656. The Morgan fingerprint density at radius 2 is 2.60 bits per heavy atom. The highest BCUT2D eigenvalue weighted by Gasteiger charge is 2.29. The summed E-state index contributed by atoms with van der Waals surface area (Å²) in [7, 11) is 1.30. The lowest BCUT2D eigenvalue weighted by atomic mass is 10.2. The third-order valence-electron chi connectivity index (χ3n) is 1.56. The lowest BCUT2D eigenvalue weighted by molar-refractivity contribution is -0.142. The summed E-state index contributed by atoms with van der Waals surface area (Å²) in [6, 6.07) is -0.431. The standard InChI is InChI=1S/C6H10FNO2.H2/c1-10-6(9)5-2-4(7)3-8-5;/h4-5,8H,2-3H2,1H3;1H/t4-,5+;/m1./s1. The Labute approximate surface area is 60.0 Å². The number of carbonyl (C=O) groups is 1. The largest absolute Gasteiger partial charge is 0.468 e. The minimum absolute atomic E-state index is 0. The molecule has 1 aliphatic heterocycles. The van der Waals surface area contributed by atoms with Gasteiger partial charge in [-0.05, 0) is 0 Å². The fraction of sp³-hybridized carbons (Fsp3) is 0.833. The molecule has 0 saturated carbocycles. The maximum absolute atomic E-state index is 12.4. The van der Waals surface area contributed by atoms with E-state index in [1.807, 2.05) is 0 Å². The Morgan fingerprint density at radius 1 is 1.90 bits per heavy atom. The normalized spacial score (nSPS) is 32.2. The van der Waals surface area contributed by atoms with Gasteiger partial charge in [0.15, 0.2) is 0 Å². The second-order valence-electron chi connectivity index (χ2n) is 2.32. The summed E-state index contributed by atoms with van der Waals surface area (Å²) in [5.74, 6) is -0.375. The molecular formula is C6H12FNO2. The number of hydrogen-bond acceptors (Lipinski definition) is 3. The van der Waals surface area contributed by atoms with Crippen LogP contribution < -0.4 is 5.32 Å². The molecule has 0 aromatic rings. The first-order valence-corrected chi connectivity index (χ1v) is 3.19. The number of hydrogen-bond donors (Lipinski definition) is 1. The van der Waals surface area contributed by atoms with Crippen molar-refractivity contribution in [3.8, 4) is 0 Å². The molecule has 0 bridgehead atoms. The molecule has 1 rings (SSSR count). The molecule has 1 aliphatic rings. The van der Waals surface area contributed by atoms with Crippen LogP contribution in [0.4, 0.5) is 4.39 Å². The SMILES string of the molecule is COC(=O)[C@@H]1C[C@@H](F)CN1.[HH]. The maximum Gasteiger partial charge on any atom is 0.322 e. The highest BCUT2D eigenvalue weighted by atomic mass is 19.1. The van der Waals surface area contributed by atoms with Gasteiger partial charge in [0.25, 0.3) is 0 Å². The van der Waals surface area contributed by atoms with Crippen LogP contribution in [-0.4, -0.2) is 31.8 Å². The average molecular weight is 149 g/mol. The molecular weight excluding hydrogens is 137 g/mol. The summed E-state index contributed by atoms with van der Waals surface area (Å²) in [5.41, 5.74) is 0. The third kappa shape index (κ3) is 1.44. The van der Waals surface area contributed by atoms with E-state index in [-0.39, 0.29) is 20.4 Å². The zero-order valence-electron chi connectivity index (χ0n) is 5.76. The summed E-state index contributed by atoms with van der Waals surface area (Å²) < 4.78 is 16.8. The van der Waals surface area contributed by atoms with Gasteiger partial charge in [0.1, 0.15) is 12.2 Å². The molecule has 0 amide bonds. The predicted molar refractivity (Wildman–Crippen MR) is 35.4 cm³/mol. The molecule has 1 fully saturated rings. The van der Waals surface area contributed by atoms with Crippen LogP contribution in [0.2, 0.25) is 0 Å². The Balaban J connectivity index is 0.000001000. The Kier molecular flexibility index (Phi) is 2.21. The van der Waals surface area contributed by atoms with Crippen molar-refractivity contribution in [2.75, 3.05) is 13.7 Å². The van der Waals surface area contributed by atoms with Crippen LogP contribution >= 0.6 is 0 Å². The number of carbonyl (C=O) groups excluding carboxylic acids is 1. The molecule has 0 radical (unpaired) electrons. The van der Waals surface area contributed by atoms with Gasteiger partial charge in [0, 0.05) is 14.4 Å². The highest BCUT2D eigenvalue weighted by Crippen LogP contribution is 2.10. The van der Waals surface area contributed by atoms with Crippen LogP contribution in [-0.2, 0) is 9.53 Å². The molecule has 0 aliphatic carbocycles. The fourth-order valence-corrected chi connectivity index (χ4v) is 1.01. The summed E-state index contributed by atoms with van der Waals surface area (Å²) >= 11 is 0. The lowest BCUT2D eigenvalue weighted by Crippen LogP contribution is -2.31. The van der Waals surface area contributed by atoms with Gasteiger partial charge in [-0.25, -0.2) is 4.39 Å². The second kappa shape index (κ2) is 2.96. The number of rotatable bonds is 1. The number of ether oxygens (including phenoxy) is 1. The van der Waals surface area contributed by atoms with E-state index in [0.29, 0.717) is 0 Å². The van der Waals surface area contributed by atoms with E-state index in [2.05, 4.69) is 10.1 Å². The molecule has 60 valence electrons. The Hall–Kier alpha value is -0.640. The molecule has 0 aromatic carbocycles. The first-order chi connectivity index (χ1) is 4.74. The first-order valence-electron chi connectivity index (χ1n) is 3.19. The van der Waals surface area contributed by atoms with Crippen LogP contribution in [0.25, 0.3) is 0 Å². The second-order valence-corrected chi connectivity index (χ2v) is 2.32. The number of nitrogens with one attached hydrogen (secondary N) is 1. The van der Waals surface area contributed by atoms with Crippen LogP contribution in [0.1, 0.15) is 7.85 Å². The average Bonchev–Trinajstić information content (AvgIpc) is 2.34. The van der Waals surface area contributed by atoms with Crippen LogP contribution in [0.5, 0.6) is 0 Å². The van der Waals surface area contributed by atoms with Gasteiger partial charge in [-0.2, -0.15) is 0 Å². The molecule has 1 N–H and O–H groups in total. The van der Waals surface area contributed by atoms with E-state index < -0.39 is 12.2 Å². The Morgan fingerprint density at radius 3 is 3.00 bits per heavy atom. The maximum atomic E-state index is 12.4.